The quantitative estimate of drug-likeness (QED) is 0.780. The maximum absolute atomic E-state index is 11.8. The number of phenols is 1. The van der Waals surface area contributed by atoms with Gasteiger partial charge in [-0.2, -0.15) is 0 Å². The van der Waals surface area contributed by atoms with Crippen LogP contribution < -0.4 is 5.32 Å². The second kappa shape index (κ2) is 7.27. The van der Waals surface area contributed by atoms with E-state index in [1.54, 1.807) is 18.2 Å². The summed E-state index contributed by atoms with van der Waals surface area (Å²) in [5, 5.41) is 12.2. The van der Waals surface area contributed by atoms with Gasteiger partial charge in [-0.3, -0.25) is 4.79 Å². The molecule has 3 nitrogen and oxygen atoms in total. The number of carbonyl (C=O) groups is 1. The van der Waals surface area contributed by atoms with Gasteiger partial charge in [0.15, 0.2) is 0 Å². The van der Waals surface area contributed by atoms with Crippen LogP contribution in [0.15, 0.2) is 24.3 Å². The molecule has 2 N–H and O–H groups in total. The van der Waals surface area contributed by atoms with Crippen molar-refractivity contribution in [1.29, 1.82) is 0 Å². The minimum absolute atomic E-state index is 0.0106. The van der Waals surface area contributed by atoms with Gasteiger partial charge in [-0.25, -0.2) is 0 Å². The molecule has 0 aliphatic heterocycles. The van der Waals surface area contributed by atoms with Gasteiger partial charge in [-0.1, -0.05) is 26.0 Å². The first kappa shape index (κ1) is 14.8. The summed E-state index contributed by atoms with van der Waals surface area (Å²) < 4.78 is 0. The SMILES string of the molecule is CC(C)CC(CCl)NC(=O)Cc1cccc(O)c1. The highest BCUT2D eigenvalue weighted by atomic mass is 35.5. The van der Waals surface area contributed by atoms with E-state index in [0.717, 1.165) is 12.0 Å². The van der Waals surface area contributed by atoms with Crippen molar-refractivity contribution in [3.05, 3.63) is 29.8 Å². The molecule has 18 heavy (non-hydrogen) atoms. The summed E-state index contributed by atoms with van der Waals surface area (Å²) in [5.74, 6) is 1.03. The van der Waals surface area contributed by atoms with Gasteiger partial charge in [0, 0.05) is 11.9 Å². The molecule has 1 unspecified atom stereocenters. The average molecular weight is 270 g/mol. The van der Waals surface area contributed by atoms with Crippen molar-refractivity contribution in [3.8, 4) is 5.75 Å². The molecular formula is C14H20ClNO2. The van der Waals surface area contributed by atoms with E-state index in [4.69, 9.17) is 11.6 Å². The monoisotopic (exact) mass is 269 g/mol. The van der Waals surface area contributed by atoms with Crippen LogP contribution in [0.4, 0.5) is 0 Å². The highest BCUT2D eigenvalue weighted by Gasteiger charge is 2.13. The third-order valence-corrected chi connectivity index (χ3v) is 2.96. The van der Waals surface area contributed by atoms with Crippen molar-refractivity contribution < 1.29 is 9.90 Å². The standard InChI is InChI=1S/C14H20ClNO2/c1-10(2)6-12(9-15)16-14(18)8-11-4-3-5-13(17)7-11/h3-5,7,10,12,17H,6,8-9H2,1-2H3,(H,16,18). The van der Waals surface area contributed by atoms with Crippen LogP contribution in [0, 0.1) is 5.92 Å². The first-order valence-electron chi connectivity index (χ1n) is 6.14. The molecule has 0 aliphatic rings. The summed E-state index contributed by atoms with van der Waals surface area (Å²) in [4.78, 5) is 11.8. The van der Waals surface area contributed by atoms with Crippen molar-refractivity contribution in [2.75, 3.05) is 5.88 Å². The molecule has 0 bridgehead atoms. The van der Waals surface area contributed by atoms with E-state index in [0.29, 0.717) is 11.8 Å². The Balaban J connectivity index is 2.50. The average Bonchev–Trinajstić information content (AvgIpc) is 2.27. The van der Waals surface area contributed by atoms with Crippen LogP contribution in [0.2, 0.25) is 0 Å². The molecule has 1 rings (SSSR count). The largest absolute Gasteiger partial charge is 0.508 e. The van der Waals surface area contributed by atoms with Gasteiger partial charge in [0.2, 0.25) is 5.91 Å². The Kier molecular flexibility index (Phi) is 5.99. The van der Waals surface area contributed by atoms with E-state index in [9.17, 15) is 9.90 Å². The van der Waals surface area contributed by atoms with Crippen LogP contribution in [-0.4, -0.2) is 22.9 Å². The second-order valence-electron chi connectivity index (χ2n) is 4.89. The third kappa shape index (κ3) is 5.41. The zero-order chi connectivity index (χ0) is 13.5. The number of rotatable bonds is 6. The smallest absolute Gasteiger partial charge is 0.224 e. The van der Waals surface area contributed by atoms with E-state index in [1.165, 1.54) is 0 Å². The number of phenolic OH excluding ortho intramolecular Hbond substituents is 1. The lowest BCUT2D eigenvalue weighted by Crippen LogP contribution is -2.38. The van der Waals surface area contributed by atoms with Crippen molar-refractivity contribution in [2.45, 2.75) is 32.7 Å². The Morgan fingerprint density at radius 1 is 1.44 bits per heavy atom. The minimum atomic E-state index is -0.0631. The topological polar surface area (TPSA) is 49.3 Å². The predicted octanol–water partition coefficient (Wildman–Crippen LogP) is 2.70. The van der Waals surface area contributed by atoms with E-state index in [1.807, 2.05) is 6.07 Å². The van der Waals surface area contributed by atoms with Crippen molar-refractivity contribution in [1.82, 2.24) is 5.32 Å². The van der Waals surface area contributed by atoms with Gasteiger partial charge in [0.1, 0.15) is 5.75 Å². The lowest BCUT2D eigenvalue weighted by atomic mass is 10.0. The fraction of sp³-hybridized carbons (Fsp3) is 0.500. The normalized spacial score (nSPS) is 12.4. The maximum atomic E-state index is 11.8. The number of amides is 1. The summed E-state index contributed by atoms with van der Waals surface area (Å²) in [6.45, 7) is 4.20. The summed E-state index contributed by atoms with van der Waals surface area (Å²) in [7, 11) is 0. The number of alkyl halides is 1. The van der Waals surface area contributed by atoms with E-state index >= 15 is 0 Å². The van der Waals surface area contributed by atoms with Gasteiger partial charge < -0.3 is 10.4 Å². The molecular weight excluding hydrogens is 250 g/mol. The molecule has 1 atom stereocenters. The zero-order valence-electron chi connectivity index (χ0n) is 10.8. The van der Waals surface area contributed by atoms with Gasteiger partial charge in [0.25, 0.3) is 0 Å². The molecule has 0 radical (unpaired) electrons. The molecule has 1 amide bonds. The zero-order valence-corrected chi connectivity index (χ0v) is 11.6. The molecule has 1 aromatic rings. The molecule has 100 valence electrons. The lowest BCUT2D eigenvalue weighted by molar-refractivity contribution is -0.121. The predicted molar refractivity (Wildman–Crippen MR) is 73.9 cm³/mol. The number of hydrogen-bond donors (Lipinski definition) is 2. The van der Waals surface area contributed by atoms with E-state index in [-0.39, 0.29) is 24.1 Å². The first-order chi connectivity index (χ1) is 8.51. The Morgan fingerprint density at radius 2 is 2.17 bits per heavy atom. The van der Waals surface area contributed by atoms with Crippen LogP contribution in [0.3, 0.4) is 0 Å². The van der Waals surface area contributed by atoms with Gasteiger partial charge >= 0.3 is 0 Å². The summed E-state index contributed by atoms with van der Waals surface area (Å²) >= 11 is 5.83. The number of benzene rings is 1. The van der Waals surface area contributed by atoms with Crippen LogP contribution in [-0.2, 0) is 11.2 Å². The maximum Gasteiger partial charge on any atom is 0.224 e. The van der Waals surface area contributed by atoms with Crippen LogP contribution in [0.25, 0.3) is 0 Å². The molecule has 0 fully saturated rings. The fourth-order valence-electron chi connectivity index (χ4n) is 1.86. The number of aromatic hydroxyl groups is 1. The van der Waals surface area contributed by atoms with Gasteiger partial charge in [-0.05, 0) is 30.0 Å². The molecule has 0 saturated carbocycles. The molecule has 0 aromatic heterocycles. The Bertz CT molecular complexity index is 393. The van der Waals surface area contributed by atoms with Crippen LogP contribution in [0.5, 0.6) is 5.75 Å². The van der Waals surface area contributed by atoms with Crippen molar-refractivity contribution in [3.63, 3.8) is 0 Å². The number of halogens is 1. The van der Waals surface area contributed by atoms with E-state index < -0.39 is 0 Å². The Hall–Kier alpha value is -1.22. The first-order valence-corrected chi connectivity index (χ1v) is 6.68. The molecule has 0 aliphatic carbocycles. The van der Waals surface area contributed by atoms with Crippen molar-refractivity contribution >= 4 is 17.5 Å². The molecule has 4 heteroatoms. The van der Waals surface area contributed by atoms with Gasteiger partial charge in [-0.15, -0.1) is 11.6 Å². The minimum Gasteiger partial charge on any atom is -0.508 e. The summed E-state index contributed by atoms with van der Waals surface area (Å²) in [6.07, 6.45) is 1.13. The highest BCUT2D eigenvalue weighted by molar-refractivity contribution is 6.18. The van der Waals surface area contributed by atoms with Gasteiger partial charge in [0.05, 0.1) is 6.42 Å². The Labute approximate surface area is 113 Å². The van der Waals surface area contributed by atoms with Crippen molar-refractivity contribution in [2.24, 2.45) is 5.92 Å². The van der Waals surface area contributed by atoms with Crippen LogP contribution >= 0.6 is 11.6 Å². The number of carbonyl (C=O) groups excluding carboxylic acids is 1. The lowest BCUT2D eigenvalue weighted by Gasteiger charge is -2.18. The number of nitrogens with one attached hydrogen (secondary N) is 1. The van der Waals surface area contributed by atoms with E-state index in [2.05, 4.69) is 19.2 Å². The third-order valence-electron chi connectivity index (χ3n) is 2.58. The van der Waals surface area contributed by atoms with Crippen LogP contribution in [0.1, 0.15) is 25.8 Å². The number of hydrogen-bond acceptors (Lipinski definition) is 2. The fourth-order valence-corrected chi connectivity index (χ4v) is 2.06. The summed E-state index contributed by atoms with van der Waals surface area (Å²) in [6, 6.07) is 6.73. The molecule has 1 aromatic carbocycles. The Morgan fingerprint density at radius 3 is 2.72 bits per heavy atom. The molecule has 0 heterocycles. The molecule has 0 saturated heterocycles. The molecule has 0 spiro atoms. The summed E-state index contributed by atoms with van der Waals surface area (Å²) in [5.41, 5.74) is 0.797. The second-order valence-corrected chi connectivity index (χ2v) is 5.20. The highest BCUT2D eigenvalue weighted by Crippen LogP contribution is 2.12.